The van der Waals surface area contributed by atoms with Crippen molar-refractivity contribution in [3.05, 3.63) is 20.6 Å². The minimum atomic E-state index is 0. The summed E-state index contributed by atoms with van der Waals surface area (Å²) in [7, 11) is 0. The van der Waals surface area contributed by atoms with Gasteiger partial charge in [-0.2, -0.15) is 0 Å². The van der Waals surface area contributed by atoms with Crippen molar-refractivity contribution in [2.75, 3.05) is 0 Å². The number of hydrogen-bond acceptors (Lipinski definition) is 0. The van der Waals surface area contributed by atoms with Crippen molar-refractivity contribution < 1.29 is 33.8 Å². The van der Waals surface area contributed by atoms with E-state index in [-0.39, 0.29) is 9.41 Å². The van der Waals surface area contributed by atoms with Crippen LogP contribution in [-0.4, -0.2) is 0 Å². The Bertz CT molecular complexity index is 207. The molecule has 0 aromatic carbocycles. The van der Waals surface area contributed by atoms with Crippen LogP contribution in [0, 0.1) is 0 Å². The van der Waals surface area contributed by atoms with Crippen molar-refractivity contribution in [1.82, 2.24) is 0 Å². The molecule has 1 aliphatic carbocycles. The number of allylic oxidation sites excluding steroid dienone is 4. The molecule has 0 aromatic heterocycles. The van der Waals surface area contributed by atoms with Gasteiger partial charge in [-0.3, -0.25) is 0 Å². The van der Waals surface area contributed by atoms with Gasteiger partial charge in [0, 0.05) is 0 Å². The number of hydrogen-bond donors (Lipinski definition) is 0. The maximum atomic E-state index is 2.42. The normalized spacial score (nSPS) is 14.9. The molecule has 0 unspecified atom stereocenters. The largest absolute Gasteiger partial charge is 1.00 e. The Labute approximate surface area is 93.8 Å². The van der Waals surface area contributed by atoms with E-state index in [1.54, 1.807) is 14.5 Å². The molecule has 1 aliphatic rings. The summed E-state index contributed by atoms with van der Waals surface area (Å²) < 4.78 is 1.69. The van der Waals surface area contributed by atoms with Crippen LogP contribution in [-0.2, 0) is 24.4 Å². The van der Waals surface area contributed by atoms with Gasteiger partial charge in [0.05, 0.1) is 0 Å². The molecule has 0 spiro atoms. The third-order valence-corrected chi connectivity index (χ3v) is 4.89. The summed E-state index contributed by atoms with van der Waals surface area (Å²) in [4.78, 5) is 0. The molecule has 0 N–H and O–H groups in total. The van der Waals surface area contributed by atoms with E-state index in [9.17, 15) is 0 Å². The van der Waals surface area contributed by atoms with Gasteiger partial charge in [0.25, 0.3) is 0 Å². The Morgan fingerprint density at radius 3 is 2.38 bits per heavy atom. The second kappa shape index (κ2) is 7.60. The van der Waals surface area contributed by atoms with Crippen molar-refractivity contribution in [2.24, 2.45) is 0 Å². The van der Waals surface area contributed by atoms with Crippen LogP contribution in [0.25, 0.3) is 0 Å². The molecule has 0 nitrogen and oxygen atoms in total. The molecule has 3 heteroatoms. The number of unbranched alkanes of at least 4 members (excludes halogenated alkanes) is 1. The van der Waals surface area contributed by atoms with Crippen molar-refractivity contribution in [1.29, 1.82) is 0 Å². The molecular weight excluding hydrogens is 337 g/mol. The molecule has 73 valence electrons. The van der Waals surface area contributed by atoms with Gasteiger partial charge in [-0.05, 0) is 0 Å². The van der Waals surface area contributed by atoms with Crippen molar-refractivity contribution in [3.8, 4) is 0 Å². The minimum Gasteiger partial charge on any atom is -1.00 e. The van der Waals surface area contributed by atoms with E-state index < -0.39 is 0 Å². The molecule has 13 heavy (non-hydrogen) atoms. The molecule has 0 aliphatic heterocycles. The third kappa shape index (κ3) is 4.30. The Kier molecular flexibility index (Phi) is 9.16. The van der Waals surface area contributed by atoms with E-state index >= 15 is 0 Å². The zero-order valence-corrected chi connectivity index (χ0v) is 11.8. The van der Waals surface area contributed by atoms with Crippen LogP contribution in [0.2, 0.25) is 0 Å². The summed E-state index contributed by atoms with van der Waals surface area (Å²) in [5, 5.41) is 0. The number of halogens is 2. The Morgan fingerprint density at radius 2 is 2.00 bits per heavy atom. The van der Waals surface area contributed by atoms with Gasteiger partial charge >= 0.3 is 84.5 Å². The van der Waals surface area contributed by atoms with Crippen LogP contribution < -0.4 is 9.41 Å². The topological polar surface area (TPSA) is 0 Å². The molecule has 0 heterocycles. The molecular formula is C10H15F2Hf. The van der Waals surface area contributed by atoms with Crippen molar-refractivity contribution in [2.45, 2.75) is 39.5 Å². The number of rotatable bonds is 3. The molecule has 0 atom stereocenters. The quantitative estimate of drug-likeness (QED) is 0.487. The van der Waals surface area contributed by atoms with Gasteiger partial charge < -0.3 is 9.41 Å². The van der Waals surface area contributed by atoms with E-state index in [0.717, 1.165) is 0 Å². The monoisotopic (exact) mass is 353 g/mol. The smallest absolute Gasteiger partial charge is 1.00 e. The molecule has 1 rings (SSSR count). The molecule has 0 bridgehead atoms. The fourth-order valence-electron chi connectivity index (χ4n) is 1.35. The second-order valence-electron chi connectivity index (χ2n) is 3.19. The first-order valence-corrected chi connectivity index (χ1v) is 6.16. The van der Waals surface area contributed by atoms with Crippen molar-refractivity contribution >= 4 is 0 Å². The van der Waals surface area contributed by atoms with E-state index in [1.807, 2.05) is 0 Å². The fourth-order valence-corrected chi connectivity index (χ4v) is 2.53. The van der Waals surface area contributed by atoms with Gasteiger partial charge in [-0.1, -0.05) is 0 Å². The first-order valence-electron chi connectivity index (χ1n) is 4.36. The maximum Gasteiger partial charge on any atom is -1.00 e. The Hall–Kier alpha value is 0.210. The van der Waals surface area contributed by atoms with E-state index in [0.29, 0.717) is 0 Å². The first kappa shape index (κ1) is 15.7. The van der Waals surface area contributed by atoms with Crippen LogP contribution in [0.15, 0.2) is 20.6 Å². The summed E-state index contributed by atoms with van der Waals surface area (Å²) in [6.45, 7) is 4.54. The van der Waals surface area contributed by atoms with E-state index in [4.69, 9.17) is 0 Å². The van der Waals surface area contributed by atoms with Crippen LogP contribution >= 0.6 is 0 Å². The van der Waals surface area contributed by atoms with Gasteiger partial charge in [-0.25, -0.2) is 0 Å². The Balaban J connectivity index is 0. The van der Waals surface area contributed by atoms with Gasteiger partial charge in [0.1, 0.15) is 0 Å². The average molecular weight is 352 g/mol. The maximum absolute atomic E-state index is 2.42. The summed E-state index contributed by atoms with van der Waals surface area (Å²) in [5.74, 6) is 0. The predicted molar refractivity (Wildman–Crippen MR) is 44.9 cm³/mol. The molecule has 0 radical (unpaired) electrons. The summed E-state index contributed by atoms with van der Waals surface area (Å²) in [5.41, 5.74) is 3.29. The minimum absolute atomic E-state index is 0. The fraction of sp³-hybridized carbons (Fsp3) is 0.600. The van der Waals surface area contributed by atoms with Crippen LogP contribution in [0.1, 0.15) is 39.5 Å². The summed E-state index contributed by atoms with van der Waals surface area (Å²) in [6, 6.07) is 0. The molecule has 0 fully saturated rings. The zero-order valence-electron chi connectivity index (χ0n) is 8.16. The van der Waals surface area contributed by atoms with Crippen LogP contribution in [0.5, 0.6) is 0 Å². The molecule has 0 amide bonds. The molecule has 0 saturated heterocycles. The predicted octanol–water partition coefficient (Wildman–Crippen LogP) is -2.66. The zero-order chi connectivity index (χ0) is 8.27. The van der Waals surface area contributed by atoms with Crippen LogP contribution in [0.3, 0.4) is 0 Å². The molecule has 0 aromatic rings. The SMILES string of the molecule is CCCCC1=CCC(C)=[C]1[Hf+2].[F-].[F-]. The Morgan fingerprint density at radius 1 is 1.38 bits per heavy atom. The molecule has 0 saturated carbocycles. The van der Waals surface area contributed by atoms with Gasteiger partial charge in [0.15, 0.2) is 0 Å². The van der Waals surface area contributed by atoms with Crippen LogP contribution in [0.4, 0.5) is 0 Å². The standard InChI is InChI=1S/C10H15.2FH.Hf/c1-3-4-5-10-7-6-9(2)8-10;;;/h7H,3-6H2,1-2H3;2*1H;/q;;;+2/p-2. The third-order valence-electron chi connectivity index (χ3n) is 2.20. The first-order chi connectivity index (χ1) is 5.25. The second-order valence-corrected chi connectivity index (χ2v) is 4.99. The van der Waals surface area contributed by atoms with Gasteiger partial charge in [-0.15, -0.1) is 0 Å². The van der Waals surface area contributed by atoms with Gasteiger partial charge in [0.2, 0.25) is 0 Å². The van der Waals surface area contributed by atoms with E-state index in [1.165, 1.54) is 50.1 Å². The summed E-state index contributed by atoms with van der Waals surface area (Å²) >= 11 is 1.25. The average Bonchev–Trinajstić information content (AvgIpc) is 2.31. The van der Waals surface area contributed by atoms with Crippen molar-refractivity contribution in [3.63, 3.8) is 0 Å². The van der Waals surface area contributed by atoms with E-state index in [2.05, 4.69) is 19.9 Å². The summed E-state index contributed by atoms with van der Waals surface area (Å²) in [6.07, 6.45) is 7.67.